The number of benzene rings is 1. The molecule has 1 N–H and O–H groups in total. The van der Waals surface area contributed by atoms with Crippen LogP contribution in [0.3, 0.4) is 0 Å². The maximum atomic E-state index is 11.2. The van der Waals surface area contributed by atoms with Crippen molar-refractivity contribution in [3.8, 4) is 5.69 Å². The highest BCUT2D eigenvalue weighted by Crippen LogP contribution is 2.30. The summed E-state index contributed by atoms with van der Waals surface area (Å²) in [6.45, 7) is 1.83. The SMILES string of the molecule is Cc1cc(Cl)c(-n2cc(Br)cc2C(=O)O)cc1Cl. The van der Waals surface area contributed by atoms with E-state index < -0.39 is 5.97 Å². The number of hydrogen-bond donors (Lipinski definition) is 1. The maximum absolute atomic E-state index is 11.2. The minimum atomic E-state index is -1.03. The number of carbonyl (C=O) groups is 1. The Morgan fingerprint density at radius 1 is 1.28 bits per heavy atom. The van der Waals surface area contributed by atoms with Gasteiger partial charge in [-0.15, -0.1) is 0 Å². The second-order valence-electron chi connectivity index (χ2n) is 3.77. The molecule has 2 aromatic rings. The van der Waals surface area contributed by atoms with Crippen LogP contribution in [0.25, 0.3) is 5.69 Å². The number of rotatable bonds is 2. The van der Waals surface area contributed by atoms with Gasteiger partial charge in [0.15, 0.2) is 0 Å². The molecule has 0 unspecified atom stereocenters. The Labute approximate surface area is 122 Å². The first kappa shape index (κ1) is 13.5. The molecule has 1 heterocycles. The molecule has 0 atom stereocenters. The summed E-state index contributed by atoms with van der Waals surface area (Å²) >= 11 is 15.4. The number of carboxylic acid groups (broad SMARTS) is 1. The van der Waals surface area contributed by atoms with Gasteiger partial charge in [0.05, 0.1) is 10.7 Å². The van der Waals surface area contributed by atoms with Gasteiger partial charge in [0.1, 0.15) is 5.69 Å². The van der Waals surface area contributed by atoms with Gasteiger partial charge in [-0.3, -0.25) is 0 Å². The number of aryl methyl sites for hydroxylation is 1. The van der Waals surface area contributed by atoms with Crippen molar-refractivity contribution >= 4 is 45.1 Å². The van der Waals surface area contributed by atoms with E-state index in [1.54, 1.807) is 18.3 Å². The van der Waals surface area contributed by atoms with Crippen molar-refractivity contribution in [1.29, 1.82) is 0 Å². The van der Waals surface area contributed by atoms with Gasteiger partial charge in [-0.05, 0) is 46.6 Å². The van der Waals surface area contributed by atoms with Crippen molar-refractivity contribution in [1.82, 2.24) is 4.57 Å². The third-order valence-corrected chi connectivity index (χ3v) is 3.64. The smallest absolute Gasteiger partial charge is 0.352 e. The Bertz CT molecular complexity index is 637. The Hall–Kier alpha value is -0.970. The van der Waals surface area contributed by atoms with E-state index in [1.807, 2.05) is 6.92 Å². The van der Waals surface area contributed by atoms with Crippen molar-refractivity contribution in [2.24, 2.45) is 0 Å². The lowest BCUT2D eigenvalue weighted by molar-refractivity contribution is 0.0688. The normalized spacial score (nSPS) is 10.7. The van der Waals surface area contributed by atoms with Gasteiger partial charge in [0.2, 0.25) is 0 Å². The Morgan fingerprint density at radius 3 is 2.56 bits per heavy atom. The summed E-state index contributed by atoms with van der Waals surface area (Å²) in [6.07, 6.45) is 1.64. The molecule has 1 aromatic heterocycles. The molecule has 0 aliphatic carbocycles. The molecule has 18 heavy (non-hydrogen) atoms. The van der Waals surface area contributed by atoms with Crippen LogP contribution < -0.4 is 0 Å². The minimum absolute atomic E-state index is 0.115. The number of halogens is 3. The van der Waals surface area contributed by atoms with E-state index in [-0.39, 0.29) is 5.69 Å². The van der Waals surface area contributed by atoms with Gasteiger partial charge >= 0.3 is 5.97 Å². The average Bonchev–Trinajstić information content (AvgIpc) is 2.65. The summed E-state index contributed by atoms with van der Waals surface area (Å²) < 4.78 is 2.15. The fourth-order valence-electron chi connectivity index (χ4n) is 1.61. The monoisotopic (exact) mass is 347 g/mol. The highest BCUT2D eigenvalue weighted by Gasteiger charge is 2.16. The van der Waals surface area contributed by atoms with Crippen LogP contribution >= 0.6 is 39.1 Å². The van der Waals surface area contributed by atoms with Gasteiger partial charge in [0.25, 0.3) is 0 Å². The highest BCUT2D eigenvalue weighted by molar-refractivity contribution is 9.10. The fourth-order valence-corrected chi connectivity index (χ4v) is 2.50. The molecule has 6 heteroatoms. The zero-order valence-electron chi connectivity index (χ0n) is 9.25. The van der Waals surface area contributed by atoms with E-state index in [9.17, 15) is 4.79 Å². The van der Waals surface area contributed by atoms with E-state index in [4.69, 9.17) is 28.3 Å². The molecule has 2 rings (SSSR count). The lowest BCUT2D eigenvalue weighted by Crippen LogP contribution is -2.06. The average molecular weight is 349 g/mol. The number of carboxylic acids is 1. The quantitative estimate of drug-likeness (QED) is 0.864. The number of aromatic nitrogens is 1. The molecule has 0 bridgehead atoms. The lowest BCUT2D eigenvalue weighted by atomic mass is 10.2. The minimum Gasteiger partial charge on any atom is -0.477 e. The zero-order valence-corrected chi connectivity index (χ0v) is 12.3. The van der Waals surface area contributed by atoms with Gasteiger partial charge in [-0.25, -0.2) is 4.79 Å². The maximum Gasteiger partial charge on any atom is 0.352 e. The van der Waals surface area contributed by atoms with Crippen molar-refractivity contribution in [3.63, 3.8) is 0 Å². The van der Waals surface area contributed by atoms with Crippen LogP contribution in [0.15, 0.2) is 28.9 Å². The topological polar surface area (TPSA) is 42.2 Å². The van der Waals surface area contributed by atoms with Gasteiger partial charge < -0.3 is 9.67 Å². The lowest BCUT2D eigenvalue weighted by Gasteiger charge is -2.10. The van der Waals surface area contributed by atoms with Crippen LogP contribution in [0.1, 0.15) is 16.1 Å². The summed E-state index contributed by atoms with van der Waals surface area (Å²) in [5, 5.41) is 10.1. The molecule has 1 aromatic carbocycles. The molecule has 0 fully saturated rings. The second-order valence-corrected chi connectivity index (χ2v) is 5.50. The van der Waals surface area contributed by atoms with Crippen LogP contribution in [0, 0.1) is 6.92 Å². The van der Waals surface area contributed by atoms with Crippen molar-refractivity contribution in [3.05, 3.63) is 50.2 Å². The van der Waals surface area contributed by atoms with Gasteiger partial charge in [0, 0.05) is 15.7 Å². The first-order chi connectivity index (χ1) is 8.40. The molecular formula is C12H8BrCl2NO2. The Morgan fingerprint density at radius 2 is 1.94 bits per heavy atom. The van der Waals surface area contributed by atoms with Crippen molar-refractivity contribution in [2.75, 3.05) is 0 Å². The van der Waals surface area contributed by atoms with Crippen molar-refractivity contribution < 1.29 is 9.90 Å². The standard InChI is InChI=1S/C12H8BrCl2NO2/c1-6-2-9(15)10(4-8(6)14)16-5-7(13)3-11(16)12(17)18/h2-5H,1H3,(H,17,18). The molecule has 0 saturated carbocycles. The highest BCUT2D eigenvalue weighted by atomic mass is 79.9. The summed E-state index contributed by atoms with van der Waals surface area (Å²) in [7, 11) is 0. The zero-order chi connectivity index (χ0) is 13.4. The van der Waals surface area contributed by atoms with Crippen LogP contribution in [0.5, 0.6) is 0 Å². The van der Waals surface area contributed by atoms with E-state index >= 15 is 0 Å². The van der Waals surface area contributed by atoms with Crippen LogP contribution in [0.4, 0.5) is 0 Å². The molecule has 3 nitrogen and oxygen atoms in total. The third kappa shape index (κ3) is 2.41. The van der Waals surface area contributed by atoms with E-state index in [0.717, 1.165) is 5.56 Å². The third-order valence-electron chi connectivity index (χ3n) is 2.49. The van der Waals surface area contributed by atoms with E-state index in [1.165, 1.54) is 10.6 Å². The first-order valence-electron chi connectivity index (χ1n) is 4.97. The predicted octanol–water partition coefficient (Wildman–Crippen LogP) is 4.55. The van der Waals surface area contributed by atoms with Crippen molar-refractivity contribution in [2.45, 2.75) is 6.92 Å². The molecular weight excluding hydrogens is 341 g/mol. The molecule has 0 spiro atoms. The number of nitrogens with zero attached hydrogens (tertiary/aromatic N) is 1. The molecule has 94 valence electrons. The molecule has 0 saturated heterocycles. The molecule has 0 amide bonds. The number of aromatic carboxylic acids is 1. The van der Waals surface area contributed by atoms with Gasteiger partial charge in [-0.2, -0.15) is 0 Å². The van der Waals surface area contributed by atoms with Gasteiger partial charge in [-0.1, -0.05) is 23.2 Å². The second kappa shape index (κ2) is 4.96. The molecule has 0 radical (unpaired) electrons. The summed E-state index contributed by atoms with van der Waals surface area (Å²) in [5.41, 5.74) is 1.49. The van der Waals surface area contributed by atoms with Crippen LogP contribution in [-0.4, -0.2) is 15.6 Å². The summed E-state index contributed by atoms with van der Waals surface area (Å²) in [4.78, 5) is 11.2. The molecule has 0 aliphatic rings. The van der Waals surface area contributed by atoms with Crippen LogP contribution in [-0.2, 0) is 0 Å². The Kier molecular flexibility index (Phi) is 3.71. The summed E-state index contributed by atoms with van der Waals surface area (Å²) in [6, 6.07) is 4.86. The fraction of sp³-hybridized carbons (Fsp3) is 0.0833. The van der Waals surface area contributed by atoms with E-state index in [0.29, 0.717) is 20.2 Å². The Balaban J connectivity index is 2.69. The number of hydrogen-bond acceptors (Lipinski definition) is 1. The predicted molar refractivity (Wildman–Crippen MR) is 75.2 cm³/mol. The van der Waals surface area contributed by atoms with Crippen LogP contribution in [0.2, 0.25) is 10.0 Å². The first-order valence-corrected chi connectivity index (χ1v) is 6.52. The largest absolute Gasteiger partial charge is 0.477 e. The van der Waals surface area contributed by atoms with E-state index in [2.05, 4.69) is 15.9 Å². The molecule has 0 aliphatic heterocycles. The summed E-state index contributed by atoms with van der Waals surface area (Å²) in [5.74, 6) is -1.03.